The zero-order valence-corrected chi connectivity index (χ0v) is 21.2. The van der Waals surface area contributed by atoms with Gasteiger partial charge in [0.2, 0.25) is 0 Å². The molecule has 0 saturated carbocycles. The van der Waals surface area contributed by atoms with Crippen LogP contribution in [-0.4, -0.2) is 62.7 Å². The number of nitrogens with one attached hydrogen (secondary N) is 2. The first kappa shape index (κ1) is 21.4. The Kier molecular flexibility index (Phi) is 5.37. The molecular formula is C25H25IN8. The molecule has 0 amide bonds. The van der Waals surface area contributed by atoms with Crippen LogP contribution in [0.25, 0.3) is 27.8 Å². The highest BCUT2D eigenvalue weighted by Crippen LogP contribution is 2.34. The molecule has 5 aromatic rings. The highest BCUT2D eigenvalue weighted by molar-refractivity contribution is 14.1. The number of imidazole rings is 1. The van der Waals surface area contributed by atoms with Crippen molar-refractivity contribution in [2.75, 3.05) is 43.4 Å². The Labute approximate surface area is 211 Å². The number of aromatic nitrogens is 5. The molecule has 3 aromatic heterocycles. The minimum Gasteiger partial charge on any atom is -0.353 e. The molecule has 0 bridgehead atoms. The summed E-state index contributed by atoms with van der Waals surface area (Å²) in [6.45, 7) is 6.04. The Morgan fingerprint density at radius 1 is 1.03 bits per heavy atom. The molecule has 2 N–H and O–H groups in total. The molecule has 0 unspecified atom stereocenters. The maximum absolute atomic E-state index is 4.99. The van der Waals surface area contributed by atoms with Crippen LogP contribution >= 0.6 is 22.6 Å². The number of benzene rings is 2. The number of anilines is 3. The molecule has 1 fully saturated rings. The van der Waals surface area contributed by atoms with Crippen LogP contribution in [0.1, 0.15) is 5.69 Å². The van der Waals surface area contributed by atoms with Crippen LogP contribution in [0.5, 0.6) is 0 Å². The molecule has 4 heterocycles. The molecule has 2 aromatic carbocycles. The van der Waals surface area contributed by atoms with Gasteiger partial charge in [0, 0.05) is 52.1 Å². The van der Waals surface area contributed by atoms with E-state index in [1.165, 1.54) is 3.57 Å². The average Bonchev–Trinajstić information content (AvgIpc) is 3.41. The third-order valence-corrected chi connectivity index (χ3v) is 7.17. The van der Waals surface area contributed by atoms with Crippen molar-refractivity contribution in [3.63, 3.8) is 0 Å². The van der Waals surface area contributed by atoms with Crippen LogP contribution < -0.4 is 10.2 Å². The Morgan fingerprint density at radius 2 is 1.82 bits per heavy atom. The Hall–Kier alpha value is -3.18. The number of aryl methyl sites for hydroxylation is 1. The first-order valence-electron chi connectivity index (χ1n) is 11.3. The van der Waals surface area contributed by atoms with E-state index in [4.69, 9.17) is 9.97 Å². The maximum Gasteiger partial charge on any atom is 0.157 e. The zero-order chi connectivity index (χ0) is 23.2. The van der Waals surface area contributed by atoms with E-state index >= 15 is 0 Å². The second-order valence-corrected chi connectivity index (χ2v) is 10.0. The number of nitrogens with zero attached hydrogens (tertiary/aromatic N) is 6. The van der Waals surface area contributed by atoms with Gasteiger partial charge >= 0.3 is 0 Å². The highest BCUT2D eigenvalue weighted by atomic mass is 127. The zero-order valence-electron chi connectivity index (χ0n) is 19.1. The van der Waals surface area contributed by atoms with E-state index in [9.17, 15) is 0 Å². The van der Waals surface area contributed by atoms with Crippen molar-refractivity contribution >= 4 is 56.5 Å². The molecule has 0 atom stereocenters. The van der Waals surface area contributed by atoms with Crippen molar-refractivity contribution in [2.45, 2.75) is 6.92 Å². The summed E-state index contributed by atoms with van der Waals surface area (Å²) in [5, 5.41) is 12.2. The first-order chi connectivity index (χ1) is 16.5. The fraction of sp³-hybridized carbons (Fsp3) is 0.240. The Balaban J connectivity index is 1.49. The van der Waals surface area contributed by atoms with Crippen LogP contribution in [0.2, 0.25) is 0 Å². The molecule has 1 aliphatic rings. The van der Waals surface area contributed by atoms with E-state index in [1.807, 2.05) is 19.2 Å². The minimum atomic E-state index is 0.810. The number of hydrogen-bond donors (Lipinski definition) is 2. The van der Waals surface area contributed by atoms with Crippen LogP contribution in [0.4, 0.5) is 17.3 Å². The average molecular weight is 564 g/mol. The molecule has 172 valence electrons. The predicted octanol–water partition coefficient (Wildman–Crippen LogP) is 4.68. The topological polar surface area (TPSA) is 77.4 Å². The summed E-state index contributed by atoms with van der Waals surface area (Å²) in [5.74, 6) is 1.89. The van der Waals surface area contributed by atoms with Crippen molar-refractivity contribution < 1.29 is 0 Å². The number of aromatic amines is 1. The van der Waals surface area contributed by atoms with E-state index in [0.29, 0.717) is 0 Å². The lowest BCUT2D eigenvalue weighted by Crippen LogP contribution is -2.44. The first-order valence-corrected chi connectivity index (χ1v) is 12.4. The molecule has 1 saturated heterocycles. The number of rotatable bonds is 4. The molecule has 9 heteroatoms. The fourth-order valence-corrected chi connectivity index (χ4v) is 4.78. The minimum absolute atomic E-state index is 0.810. The predicted molar refractivity (Wildman–Crippen MR) is 145 cm³/mol. The Morgan fingerprint density at radius 3 is 2.62 bits per heavy atom. The van der Waals surface area contributed by atoms with E-state index in [0.717, 1.165) is 77.0 Å². The summed E-state index contributed by atoms with van der Waals surface area (Å²) in [7, 11) is 2.16. The van der Waals surface area contributed by atoms with Gasteiger partial charge in [0.1, 0.15) is 17.3 Å². The summed E-state index contributed by atoms with van der Waals surface area (Å²) >= 11 is 2.33. The van der Waals surface area contributed by atoms with Gasteiger partial charge in [0.05, 0.1) is 17.9 Å². The van der Waals surface area contributed by atoms with Crippen LogP contribution in [0.3, 0.4) is 0 Å². The number of hydrogen-bond acceptors (Lipinski definition) is 6. The monoisotopic (exact) mass is 564 g/mol. The standard InChI is InChI=1S/C25H25IN8/c1-16-20-13-17(3-8-21(20)31-30-16)24-25(28-19-6-4-18(26)5-7-19)34-15-23(27-14-22(34)29-24)33-11-9-32(2)10-12-33/h3-8,13-15,28H,9-12H2,1-2H3,(H,30,31). The summed E-state index contributed by atoms with van der Waals surface area (Å²) in [5.41, 5.74) is 5.75. The van der Waals surface area contributed by atoms with Gasteiger partial charge in [-0.15, -0.1) is 0 Å². The van der Waals surface area contributed by atoms with Crippen LogP contribution in [0.15, 0.2) is 54.9 Å². The molecule has 6 rings (SSSR count). The maximum atomic E-state index is 4.99. The second kappa shape index (κ2) is 8.55. The molecule has 0 aliphatic carbocycles. The number of H-pyrrole nitrogens is 1. The number of likely N-dealkylation sites (N-methyl/N-ethyl adjacent to an activating group) is 1. The van der Waals surface area contributed by atoms with Crippen molar-refractivity contribution in [2.24, 2.45) is 0 Å². The molecule has 0 radical (unpaired) electrons. The van der Waals surface area contributed by atoms with Crippen molar-refractivity contribution in [1.29, 1.82) is 0 Å². The van der Waals surface area contributed by atoms with E-state index < -0.39 is 0 Å². The number of piperazine rings is 1. The van der Waals surface area contributed by atoms with E-state index in [-0.39, 0.29) is 0 Å². The summed E-state index contributed by atoms with van der Waals surface area (Å²) in [6, 6.07) is 14.7. The molecule has 8 nitrogen and oxygen atoms in total. The molecule has 0 spiro atoms. The fourth-order valence-electron chi connectivity index (χ4n) is 4.42. The Bertz CT molecular complexity index is 1480. The van der Waals surface area contributed by atoms with Gasteiger partial charge in [-0.3, -0.25) is 9.50 Å². The number of fused-ring (bicyclic) bond motifs is 2. The van der Waals surface area contributed by atoms with Gasteiger partial charge in [0.25, 0.3) is 0 Å². The lowest BCUT2D eigenvalue weighted by atomic mass is 10.1. The summed E-state index contributed by atoms with van der Waals surface area (Å²) in [6.07, 6.45) is 3.98. The largest absolute Gasteiger partial charge is 0.353 e. The van der Waals surface area contributed by atoms with Crippen LogP contribution in [0, 0.1) is 10.5 Å². The normalized spacial score (nSPS) is 14.9. The smallest absolute Gasteiger partial charge is 0.157 e. The highest BCUT2D eigenvalue weighted by Gasteiger charge is 2.20. The van der Waals surface area contributed by atoms with E-state index in [2.05, 4.69) is 102 Å². The van der Waals surface area contributed by atoms with Gasteiger partial charge in [-0.1, -0.05) is 6.07 Å². The lowest BCUT2D eigenvalue weighted by molar-refractivity contribution is 0.312. The quantitative estimate of drug-likeness (QED) is 0.309. The van der Waals surface area contributed by atoms with E-state index in [1.54, 1.807) is 0 Å². The second-order valence-electron chi connectivity index (χ2n) is 8.79. The third kappa shape index (κ3) is 3.88. The third-order valence-electron chi connectivity index (χ3n) is 6.45. The lowest BCUT2D eigenvalue weighted by Gasteiger charge is -2.33. The molecule has 34 heavy (non-hydrogen) atoms. The van der Waals surface area contributed by atoms with Gasteiger partial charge in [0.15, 0.2) is 5.65 Å². The molecule has 1 aliphatic heterocycles. The van der Waals surface area contributed by atoms with Crippen LogP contribution in [-0.2, 0) is 0 Å². The van der Waals surface area contributed by atoms with Crippen molar-refractivity contribution in [3.05, 3.63) is 64.1 Å². The van der Waals surface area contributed by atoms with Gasteiger partial charge in [-0.25, -0.2) is 9.97 Å². The van der Waals surface area contributed by atoms with Gasteiger partial charge in [-0.05, 0) is 73.0 Å². The summed E-state index contributed by atoms with van der Waals surface area (Å²) in [4.78, 5) is 14.4. The van der Waals surface area contributed by atoms with Crippen molar-refractivity contribution in [1.82, 2.24) is 29.5 Å². The SMILES string of the molecule is Cc1[nH]nc2ccc(-c3nc4cnc(N5CCN(C)CC5)cn4c3Nc3ccc(I)cc3)cc12. The number of halogens is 1. The summed E-state index contributed by atoms with van der Waals surface area (Å²) < 4.78 is 3.32. The molecular weight excluding hydrogens is 539 g/mol. The van der Waals surface area contributed by atoms with Gasteiger partial charge < -0.3 is 15.1 Å². The van der Waals surface area contributed by atoms with Gasteiger partial charge in [-0.2, -0.15) is 5.10 Å². The van der Waals surface area contributed by atoms with Crippen molar-refractivity contribution in [3.8, 4) is 11.3 Å².